The summed E-state index contributed by atoms with van der Waals surface area (Å²) in [4.78, 5) is 17.4. The third kappa shape index (κ3) is 2.65. The number of aromatic nitrogens is 2. The molecule has 0 unspecified atom stereocenters. The summed E-state index contributed by atoms with van der Waals surface area (Å²) in [6.45, 7) is 0. The van der Waals surface area contributed by atoms with Gasteiger partial charge in [0.25, 0.3) is 5.69 Å². The summed E-state index contributed by atoms with van der Waals surface area (Å²) in [5.74, 6) is 0. The van der Waals surface area contributed by atoms with Crippen molar-refractivity contribution in [2.24, 2.45) is 0 Å². The summed E-state index contributed by atoms with van der Waals surface area (Å²) >= 11 is 0. The van der Waals surface area contributed by atoms with E-state index in [4.69, 9.17) is 0 Å². The van der Waals surface area contributed by atoms with E-state index in [-0.39, 0.29) is 10.6 Å². The molecule has 0 aliphatic carbocycles. The van der Waals surface area contributed by atoms with Crippen LogP contribution >= 0.6 is 0 Å². The molecule has 5 nitrogen and oxygen atoms in total. The number of hydrogen-bond acceptors (Lipinski definition) is 2. The molecule has 136 valence electrons. The van der Waals surface area contributed by atoms with Crippen LogP contribution in [0.1, 0.15) is 11.1 Å². The Labute approximate surface area is 160 Å². The molecule has 3 aromatic carbocycles. The molecule has 0 bridgehead atoms. The molecular weight excluding hydrogens is 350 g/mol. The second kappa shape index (κ2) is 6.39. The lowest BCUT2D eigenvalue weighted by atomic mass is 9.98. The molecule has 28 heavy (non-hydrogen) atoms. The Morgan fingerprint density at radius 3 is 2.46 bits per heavy atom. The molecule has 0 aliphatic heterocycles. The van der Waals surface area contributed by atoms with Crippen molar-refractivity contribution in [2.45, 2.75) is 6.42 Å². The number of H-pyrrole nitrogens is 2. The first-order valence-electron chi connectivity index (χ1n) is 9.10. The van der Waals surface area contributed by atoms with Crippen LogP contribution in [0.3, 0.4) is 0 Å². The molecule has 0 atom stereocenters. The first-order valence-corrected chi connectivity index (χ1v) is 9.10. The van der Waals surface area contributed by atoms with Gasteiger partial charge in [0.1, 0.15) is 0 Å². The summed E-state index contributed by atoms with van der Waals surface area (Å²) in [6.07, 6.45) is 2.68. The lowest BCUT2D eigenvalue weighted by Crippen LogP contribution is -1.90. The number of nitro benzene ring substituents is 1. The van der Waals surface area contributed by atoms with E-state index in [1.165, 1.54) is 10.9 Å². The monoisotopic (exact) mass is 367 g/mol. The Hall–Kier alpha value is -3.86. The van der Waals surface area contributed by atoms with Gasteiger partial charge in [-0.25, -0.2) is 0 Å². The highest BCUT2D eigenvalue weighted by molar-refractivity contribution is 5.92. The highest BCUT2D eigenvalue weighted by atomic mass is 16.6. The lowest BCUT2D eigenvalue weighted by Gasteiger charge is -2.05. The van der Waals surface area contributed by atoms with E-state index in [1.807, 2.05) is 42.6 Å². The minimum Gasteiger partial charge on any atom is -0.361 e. The quantitative estimate of drug-likeness (QED) is 0.310. The zero-order valence-electron chi connectivity index (χ0n) is 15.0. The van der Waals surface area contributed by atoms with Gasteiger partial charge in [0, 0.05) is 41.0 Å². The first kappa shape index (κ1) is 16.3. The molecular formula is C23H17N3O2. The van der Waals surface area contributed by atoms with Crippen molar-refractivity contribution in [3.8, 4) is 11.3 Å². The average Bonchev–Trinajstić information content (AvgIpc) is 3.30. The highest BCUT2D eigenvalue weighted by Gasteiger charge is 2.16. The van der Waals surface area contributed by atoms with Crippen LogP contribution in [-0.4, -0.2) is 14.9 Å². The fourth-order valence-electron chi connectivity index (χ4n) is 3.86. The number of aromatic amines is 2. The Kier molecular flexibility index (Phi) is 3.72. The zero-order chi connectivity index (χ0) is 19.1. The summed E-state index contributed by atoms with van der Waals surface area (Å²) in [6, 6.07) is 23.6. The van der Waals surface area contributed by atoms with Gasteiger partial charge >= 0.3 is 0 Å². The second-order valence-electron chi connectivity index (χ2n) is 6.87. The molecule has 2 aromatic heterocycles. The molecule has 0 spiro atoms. The molecule has 0 amide bonds. The zero-order valence-corrected chi connectivity index (χ0v) is 15.0. The van der Waals surface area contributed by atoms with Gasteiger partial charge in [-0.3, -0.25) is 10.1 Å². The standard InChI is InChI=1S/C23H17N3O2/c27-26(28)17-10-11-18-16(14-24-22(18)13-17)12-20-19-8-4-5-9-21(19)25-23(20)15-6-2-1-3-7-15/h1-11,13-14,24-25H,12H2. The van der Waals surface area contributed by atoms with Gasteiger partial charge < -0.3 is 9.97 Å². The lowest BCUT2D eigenvalue weighted by molar-refractivity contribution is -0.384. The number of para-hydroxylation sites is 1. The Morgan fingerprint density at radius 1 is 0.857 bits per heavy atom. The van der Waals surface area contributed by atoms with Crippen LogP contribution in [0.4, 0.5) is 5.69 Å². The van der Waals surface area contributed by atoms with Crippen LogP contribution in [-0.2, 0) is 6.42 Å². The van der Waals surface area contributed by atoms with E-state index >= 15 is 0 Å². The Balaban J connectivity index is 1.66. The molecule has 5 heteroatoms. The van der Waals surface area contributed by atoms with Gasteiger partial charge in [-0.15, -0.1) is 0 Å². The Bertz CT molecular complexity index is 1320. The number of nitrogens with zero attached hydrogens (tertiary/aromatic N) is 1. The average molecular weight is 367 g/mol. The maximum atomic E-state index is 11.0. The number of nitro groups is 1. The smallest absolute Gasteiger partial charge is 0.271 e. The van der Waals surface area contributed by atoms with Crippen molar-refractivity contribution in [1.29, 1.82) is 0 Å². The minimum absolute atomic E-state index is 0.0953. The van der Waals surface area contributed by atoms with Crippen LogP contribution in [0.15, 0.2) is 79.0 Å². The third-order valence-corrected chi connectivity index (χ3v) is 5.21. The predicted molar refractivity (Wildman–Crippen MR) is 111 cm³/mol. The van der Waals surface area contributed by atoms with Crippen LogP contribution in [0.2, 0.25) is 0 Å². The molecule has 0 radical (unpaired) electrons. The number of rotatable bonds is 4. The van der Waals surface area contributed by atoms with Crippen molar-refractivity contribution in [2.75, 3.05) is 0 Å². The fourth-order valence-corrected chi connectivity index (χ4v) is 3.86. The van der Waals surface area contributed by atoms with Crippen molar-refractivity contribution in [3.63, 3.8) is 0 Å². The third-order valence-electron chi connectivity index (χ3n) is 5.21. The van der Waals surface area contributed by atoms with Gasteiger partial charge in [-0.1, -0.05) is 48.5 Å². The van der Waals surface area contributed by atoms with Crippen molar-refractivity contribution >= 4 is 27.5 Å². The van der Waals surface area contributed by atoms with Crippen molar-refractivity contribution in [3.05, 3.63) is 100 Å². The first-order chi connectivity index (χ1) is 13.7. The van der Waals surface area contributed by atoms with Crippen LogP contribution in [0.25, 0.3) is 33.1 Å². The molecule has 2 N–H and O–H groups in total. The maximum Gasteiger partial charge on any atom is 0.271 e. The van der Waals surface area contributed by atoms with Gasteiger partial charge in [0.15, 0.2) is 0 Å². The molecule has 0 saturated carbocycles. The molecule has 0 saturated heterocycles. The summed E-state index contributed by atoms with van der Waals surface area (Å²) in [5, 5.41) is 13.2. The van der Waals surface area contributed by atoms with Crippen LogP contribution in [0.5, 0.6) is 0 Å². The SMILES string of the molecule is O=[N+]([O-])c1ccc2c(Cc3c(-c4ccccc4)[nH]c4ccccc34)c[nH]c2c1. The molecule has 2 heterocycles. The largest absolute Gasteiger partial charge is 0.361 e. The number of benzene rings is 3. The summed E-state index contributed by atoms with van der Waals surface area (Å²) in [5.41, 5.74) is 6.57. The normalized spacial score (nSPS) is 11.3. The number of fused-ring (bicyclic) bond motifs is 2. The highest BCUT2D eigenvalue weighted by Crippen LogP contribution is 2.34. The van der Waals surface area contributed by atoms with E-state index in [0.29, 0.717) is 0 Å². The topological polar surface area (TPSA) is 74.7 Å². The molecule has 5 aromatic rings. The molecule has 0 fully saturated rings. The van der Waals surface area contributed by atoms with E-state index < -0.39 is 0 Å². The number of nitrogens with one attached hydrogen (secondary N) is 2. The van der Waals surface area contributed by atoms with Crippen molar-refractivity contribution < 1.29 is 4.92 Å². The number of hydrogen-bond donors (Lipinski definition) is 2. The van der Waals surface area contributed by atoms with E-state index in [9.17, 15) is 10.1 Å². The summed E-state index contributed by atoms with van der Waals surface area (Å²) in [7, 11) is 0. The van der Waals surface area contributed by atoms with Gasteiger partial charge in [-0.2, -0.15) is 0 Å². The van der Waals surface area contributed by atoms with Crippen LogP contribution in [0, 0.1) is 10.1 Å². The minimum atomic E-state index is -0.368. The Morgan fingerprint density at radius 2 is 1.64 bits per heavy atom. The van der Waals surface area contributed by atoms with E-state index in [2.05, 4.69) is 34.2 Å². The van der Waals surface area contributed by atoms with Crippen LogP contribution < -0.4 is 0 Å². The second-order valence-corrected chi connectivity index (χ2v) is 6.87. The molecule has 0 aliphatic rings. The van der Waals surface area contributed by atoms with E-state index in [1.54, 1.807) is 12.1 Å². The maximum absolute atomic E-state index is 11.0. The van der Waals surface area contributed by atoms with Gasteiger partial charge in [-0.05, 0) is 28.8 Å². The summed E-state index contributed by atoms with van der Waals surface area (Å²) < 4.78 is 0. The predicted octanol–water partition coefficient (Wildman–Crippen LogP) is 5.82. The number of non-ortho nitro benzene ring substituents is 1. The van der Waals surface area contributed by atoms with Crippen molar-refractivity contribution in [1.82, 2.24) is 9.97 Å². The van der Waals surface area contributed by atoms with Gasteiger partial charge in [0.05, 0.1) is 16.1 Å². The van der Waals surface area contributed by atoms with E-state index in [0.717, 1.165) is 39.7 Å². The van der Waals surface area contributed by atoms with Gasteiger partial charge in [0.2, 0.25) is 0 Å². The fraction of sp³-hybridized carbons (Fsp3) is 0.0435. The molecule has 5 rings (SSSR count).